The fraction of sp³-hybridized carbons (Fsp3) is 0.812. The Hall–Kier alpha value is -1.63. The molecule has 3 amide bonds. The summed E-state index contributed by atoms with van der Waals surface area (Å²) in [4.78, 5) is 39.8. The van der Waals surface area contributed by atoms with E-state index < -0.39 is 17.5 Å². The number of piperidine rings is 1. The summed E-state index contributed by atoms with van der Waals surface area (Å²) in [5.41, 5.74) is -0.845. The highest BCUT2D eigenvalue weighted by atomic mass is 16.5. The molecule has 2 fully saturated rings. The summed E-state index contributed by atoms with van der Waals surface area (Å²) < 4.78 is 5.02. The van der Waals surface area contributed by atoms with Gasteiger partial charge in [-0.3, -0.25) is 14.5 Å². The minimum atomic E-state index is -0.845. The van der Waals surface area contributed by atoms with Crippen LogP contribution in [0.2, 0.25) is 0 Å². The van der Waals surface area contributed by atoms with Gasteiger partial charge in [0, 0.05) is 19.6 Å². The number of carbonyl (C=O) groups is 3. The lowest BCUT2D eigenvalue weighted by Gasteiger charge is -2.37. The number of likely N-dealkylation sites (tertiary alicyclic amines) is 1. The zero-order valence-corrected chi connectivity index (χ0v) is 14.4. The van der Waals surface area contributed by atoms with E-state index >= 15 is 0 Å². The van der Waals surface area contributed by atoms with Crippen molar-refractivity contribution < 1.29 is 19.1 Å². The van der Waals surface area contributed by atoms with Crippen molar-refractivity contribution in [3.05, 3.63) is 0 Å². The van der Waals surface area contributed by atoms with Crippen LogP contribution in [0, 0.1) is 5.92 Å². The molecule has 7 nitrogen and oxygen atoms in total. The van der Waals surface area contributed by atoms with Gasteiger partial charge in [-0.05, 0) is 32.6 Å². The number of amides is 3. The third kappa shape index (κ3) is 4.02. The van der Waals surface area contributed by atoms with Gasteiger partial charge in [-0.2, -0.15) is 0 Å². The second-order valence-electron chi connectivity index (χ2n) is 7.14. The summed E-state index contributed by atoms with van der Waals surface area (Å²) in [6.07, 6.45) is 0.900. The highest BCUT2D eigenvalue weighted by Crippen LogP contribution is 2.29. The van der Waals surface area contributed by atoms with Gasteiger partial charge in [0.1, 0.15) is 12.1 Å². The van der Waals surface area contributed by atoms with Crippen LogP contribution in [-0.4, -0.2) is 65.5 Å². The van der Waals surface area contributed by atoms with E-state index in [0.717, 1.165) is 24.5 Å². The Morgan fingerprint density at radius 1 is 1.22 bits per heavy atom. The summed E-state index contributed by atoms with van der Waals surface area (Å²) in [6, 6.07) is -0.493. The molecule has 0 atom stereocenters. The Labute approximate surface area is 137 Å². The van der Waals surface area contributed by atoms with Crippen LogP contribution in [0.25, 0.3) is 0 Å². The molecule has 0 radical (unpaired) electrons. The van der Waals surface area contributed by atoms with Gasteiger partial charge in [-0.1, -0.05) is 13.8 Å². The van der Waals surface area contributed by atoms with Crippen LogP contribution in [0.5, 0.6) is 0 Å². The number of hydrogen-bond acceptors (Lipinski definition) is 5. The van der Waals surface area contributed by atoms with E-state index in [4.69, 9.17) is 4.74 Å². The van der Waals surface area contributed by atoms with Crippen molar-refractivity contribution in [3.63, 3.8) is 0 Å². The Kier molecular flexibility index (Phi) is 5.29. The van der Waals surface area contributed by atoms with E-state index in [1.54, 1.807) is 13.8 Å². The van der Waals surface area contributed by atoms with Gasteiger partial charge in [-0.25, -0.2) is 4.79 Å². The molecule has 2 saturated heterocycles. The van der Waals surface area contributed by atoms with Gasteiger partial charge in [0.25, 0.3) is 5.91 Å². The molecule has 2 aliphatic heterocycles. The maximum atomic E-state index is 12.7. The molecule has 0 aromatic heterocycles. The average Bonchev–Trinajstić information content (AvgIpc) is 2.65. The Balaban J connectivity index is 1.97. The van der Waals surface area contributed by atoms with E-state index in [2.05, 4.69) is 24.1 Å². The van der Waals surface area contributed by atoms with Crippen LogP contribution in [0.4, 0.5) is 4.79 Å². The van der Waals surface area contributed by atoms with E-state index in [1.165, 1.54) is 0 Å². The molecule has 2 rings (SSSR count). The van der Waals surface area contributed by atoms with Crippen LogP contribution in [0.1, 0.15) is 40.5 Å². The van der Waals surface area contributed by atoms with Gasteiger partial charge in [0.05, 0.1) is 6.10 Å². The summed E-state index contributed by atoms with van der Waals surface area (Å²) in [5.74, 6) is -0.287. The number of nitrogens with zero attached hydrogens (tertiary/aromatic N) is 2. The monoisotopic (exact) mass is 325 g/mol. The number of rotatable bonds is 5. The first-order valence-electron chi connectivity index (χ1n) is 8.29. The largest absolute Gasteiger partial charge is 0.462 e. The molecule has 0 aliphatic carbocycles. The quantitative estimate of drug-likeness (QED) is 0.602. The van der Waals surface area contributed by atoms with E-state index in [9.17, 15) is 14.4 Å². The first-order valence-corrected chi connectivity index (χ1v) is 8.29. The number of imide groups is 1. The SMILES string of the molecule is CC(C)CN1CCC2(CC1)NC(=O)N(CC(=O)OC(C)C)C2=O. The topological polar surface area (TPSA) is 79.0 Å². The maximum Gasteiger partial charge on any atom is 0.326 e. The second-order valence-corrected chi connectivity index (χ2v) is 7.14. The lowest BCUT2D eigenvalue weighted by molar-refractivity contribution is -0.151. The summed E-state index contributed by atoms with van der Waals surface area (Å²) in [6.45, 7) is 10.0. The second kappa shape index (κ2) is 6.86. The van der Waals surface area contributed by atoms with Gasteiger partial charge < -0.3 is 15.0 Å². The molecular weight excluding hydrogens is 298 g/mol. The van der Waals surface area contributed by atoms with Crippen molar-refractivity contribution in [2.24, 2.45) is 5.92 Å². The van der Waals surface area contributed by atoms with Gasteiger partial charge in [0.2, 0.25) is 0 Å². The Bertz CT molecular complexity index is 482. The summed E-state index contributed by atoms with van der Waals surface area (Å²) in [7, 11) is 0. The standard InChI is InChI=1S/C16H27N3O4/c1-11(2)9-18-7-5-16(6-8-18)14(21)19(15(22)17-16)10-13(20)23-12(3)4/h11-12H,5-10H2,1-4H3,(H,17,22). The van der Waals surface area contributed by atoms with Crippen molar-refractivity contribution in [1.29, 1.82) is 0 Å². The molecule has 0 aromatic rings. The molecule has 7 heteroatoms. The molecular formula is C16H27N3O4. The zero-order chi connectivity index (χ0) is 17.2. The Morgan fingerprint density at radius 2 is 1.83 bits per heavy atom. The summed E-state index contributed by atoms with van der Waals surface area (Å²) >= 11 is 0. The number of hydrogen-bond donors (Lipinski definition) is 1. The number of esters is 1. The fourth-order valence-electron chi connectivity index (χ4n) is 3.22. The van der Waals surface area contributed by atoms with Gasteiger partial charge in [-0.15, -0.1) is 0 Å². The molecule has 0 bridgehead atoms. The zero-order valence-electron chi connectivity index (χ0n) is 14.4. The number of urea groups is 1. The Morgan fingerprint density at radius 3 is 2.35 bits per heavy atom. The summed E-state index contributed by atoms with van der Waals surface area (Å²) in [5, 5.41) is 2.80. The number of ether oxygens (including phenoxy) is 1. The molecule has 130 valence electrons. The van der Waals surface area contributed by atoms with Gasteiger partial charge >= 0.3 is 12.0 Å². The number of nitrogens with one attached hydrogen (secondary N) is 1. The molecule has 0 saturated carbocycles. The van der Waals surface area contributed by atoms with E-state index in [1.807, 2.05) is 0 Å². The van der Waals surface area contributed by atoms with E-state index in [0.29, 0.717) is 18.8 Å². The van der Waals surface area contributed by atoms with Crippen LogP contribution < -0.4 is 5.32 Å². The smallest absolute Gasteiger partial charge is 0.326 e. The predicted molar refractivity (Wildman–Crippen MR) is 84.7 cm³/mol. The minimum absolute atomic E-state index is 0.267. The lowest BCUT2D eigenvalue weighted by Crippen LogP contribution is -2.55. The third-order valence-corrected chi connectivity index (χ3v) is 4.23. The molecule has 1 spiro atoms. The average molecular weight is 325 g/mol. The van der Waals surface area contributed by atoms with Crippen molar-refractivity contribution in [1.82, 2.24) is 15.1 Å². The normalized spacial score (nSPS) is 21.4. The molecule has 0 aromatic carbocycles. The molecule has 2 heterocycles. The highest BCUT2D eigenvalue weighted by Gasteiger charge is 2.52. The third-order valence-electron chi connectivity index (χ3n) is 4.23. The first-order chi connectivity index (χ1) is 10.7. The van der Waals surface area contributed by atoms with Crippen molar-refractivity contribution in [2.75, 3.05) is 26.2 Å². The van der Waals surface area contributed by atoms with Crippen LogP contribution in [-0.2, 0) is 14.3 Å². The van der Waals surface area contributed by atoms with Crippen molar-refractivity contribution in [2.45, 2.75) is 52.2 Å². The van der Waals surface area contributed by atoms with Crippen LogP contribution in [0.15, 0.2) is 0 Å². The molecule has 2 aliphatic rings. The van der Waals surface area contributed by atoms with Crippen molar-refractivity contribution >= 4 is 17.9 Å². The van der Waals surface area contributed by atoms with Crippen LogP contribution in [0.3, 0.4) is 0 Å². The molecule has 0 unspecified atom stereocenters. The van der Waals surface area contributed by atoms with Crippen molar-refractivity contribution in [3.8, 4) is 0 Å². The highest BCUT2D eigenvalue weighted by molar-refractivity contribution is 6.08. The molecule has 23 heavy (non-hydrogen) atoms. The number of carbonyl (C=O) groups excluding carboxylic acids is 3. The van der Waals surface area contributed by atoms with Crippen LogP contribution >= 0.6 is 0 Å². The predicted octanol–water partition coefficient (Wildman–Crippen LogP) is 0.980. The lowest BCUT2D eigenvalue weighted by atomic mass is 9.87. The van der Waals surface area contributed by atoms with E-state index in [-0.39, 0.29) is 18.6 Å². The molecule has 1 N–H and O–H groups in total. The van der Waals surface area contributed by atoms with Gasteiger partial charge in [0.15, 0.2) is 0 Å². The minimum Gasteiger partial charge on any atom is -0.462 e. The first kappa shape index (κ1) is 17.7. The fourth-order valence-corrected chi connectivity index (χ4v) is 3.22. The maximum absolute atomic E-state index is 12.7.